The molecule has 0 aliphatic carbocycles. The lowest BCUT2D eigenvalue weighted by Gasteiger charge is -2.15. The Hall–Kier alpha value is -2.69. The fourth-order valence-electron chi connectivity index (χ4n) is 2.21. The summed E-state index contributed by atoms with van der Waals surface area (Å²) in [4.78, 5) is 23.7. The summed E-state index contributed by atoms with van der Waals surface area (Å²) in [6.07, 6.45) is 0.959. The molecule has 0 saturated carbocycles. The first kappa shape index (κ1) is 17.7. The second-order valence-corrected chi connectivity index (χ2v) is 5.47. The first-order chi connectivity index (χ1) is 11.5. The van der Waals surface area contributed by atoms with Crippen molar-refractivity contribution in [1.82, 2.24) is 5.32 Å². The number of carbonyl (C=O) groups excluding carboxylic acids is 2. The Balaban J connectivity index is 1.83. The molecular weight excluding hydrogens is 309 g/mol. The van der Waals surface area contributed by atoms with E-state index < -0.39 is 17.7 Å². The van der Waals surface area contributed by atoms with Gasteiger partial charge in [-0.2, -0.15) is 0 Å². The Bertz CT molecular complexity index is 696. The van der Waals surface area contributed by atoms with Crippen molar-refractivity contribution in [3.05, 3.63) is 71.0 Å². The maximum atomic E-state index is 12.8. The molecule has 0 heterocycles. The van der Waals surface area contributed by atoms with Crippen LogP contribution in [0, 0.1) is 5.82 Å². The van der Waals surface area contributed by atoms with E-state index in [-0.39, 0.29) is 18.2 Å². The van der Waals surface area contributed by atoms with Crippen molar-refractivity contribution < 1.29 is 18.7 Å². The molecular formula is C19H20FNO3. The summed E-state index contributed by atoms with van der Waals surface area (Å²) in [7, 11) is 0. The molecule has 4 nitrogen and oxygen atoms in total. The summed E-state index contributed by atoms with van der Waals surface area (Å²) >= 11 is 0. The van der Waals surface area contributed by atoms with Crippen molar-refractivity contribution in [3.8, 4) is 0 Å². The summed E-state index contributed by atoms with van der Waals surface area (Å²) in [5.41, 5.74) is 2.41. The minimum Gasteiger partial charge on any atom is -0.452 e. The molecule has 0 saturated heterocycles. The molecule has 5 heteroatoms. The van der Waals surface area contributed by atoms with Gasteiger partial charge in [0.2, 0.25) is 0 Å². The number of amides is 1. The molecule has 2 aromatic carbocycles. The first-order valence-corrected chi connectivity index (χ1v) is 7.80. The maximum absolute atomic E-state index is 12.8. The van der Waals surface area contributed by atoms with Crippen LogP contribution in [-0.4, -0.2) is 18.5 Å². The van der Waals surface area contributed by atoms with Gasteiger partial charge in [-0.3, -0.25) is 4.79 Å². The van der Waals surface area contributed by atoms with Gasteiger partial charge in [0, 0.05) is 0 Å². The molecule has 126 valence electrons. The molecule has 1 atom stereocenters. The molecule has 2 rings (SSSR count). The van der Waals surface area contributed by atoms with Crippen LogP contribution in [0.1, 0.15) is 41.4 Å². The zero-order valence-electron chi connectivity index (χ0n) is 13.7. The summed E-state index contributed by atoms with van der Waals surface area (Å²) in [6, 6.07) is 12.7. The van der Waals surface area contributed by atoms with E-state index in [1.54, 1.807) is 0 Å². The Morgan fingerprint density at radius 1 is 1.08 bits per heavy atom. The molecule has 0 bridgehead atoms. The number of esters is 1. The number of nitrogens with one attached hydrogen (secondary N) is 1. The SMILES string of the molecule is CCc1ccc([C@H](C)NC(=O)COC(=O)c2ccc(F)cc2)cc1. The van der Waals surface area contributed by atoms with Crippen LogP contribution in [0.3, 0.4) is 0 Å². The topological polar surface area (TPSA) is 55.4 Å². The highest BCUT2D eigenvalue weighted by Crippen LogP contribution is 2.13. The Morgan fingerprint density at radius 2 is 1.71 bits per heavy atom. The number of hydrogen-bond acceptors (Lipinski definition) is 3. The average molecular weight is 329 g/mol. The fraction of sp³-hybridized carbons (Fsp3) is 0.263. The number of benzene rings is 2. The lowest BCUT2D eigenvalue weighted by Crippen LogP contribution is -2.31. The third-order valence-electron chi connectivity index (χ3n) is 3.68. The molecule has 0 radical (unpaired) electrons. The molecule has 0 spiro atoms. The number of halogens is 1. The standard InChI is InChI=1S/C19H20FNO3/c1-3-14-4-6-15(7-5-14)13(2)21-18(22)12-24-19(23)16-8-10-17(20)11-9-16/h4-11,13H,3,12H2,1-2H3,(H,21,22)/t13-/m0/s1. The molecule has 1 N–H and O–H groups in total. The Labute approximate surface area is 140 Å². The predicted molar refractivity (Wildman–Crippen MR) is 89.1 cm³/mol. The van der Waals surface area contributed by atoms with E-state index in [1.807, 2.05) is 31.2 Å². The van der Waals surface area contributed by atoms with Crippen LogP contribution in [0.2, 0.25) is 0 Å². The number of carbonyl (C=O) groups is 2. The third-order valence-corrected chi connectivity index (χ3v) is 3.68. The van der Waals surface area contributed by atoms with Crippen molar-refractivity contribution in [1.29, 1.82) is 0 Å². The zero-order chi connectivity index (χ0) is 17.5. The van der Waals surface area contributed by atoms with Gasteiger partial charge in [0.05, 0.1) is 11.6 Å². The second kappa shape index (κ2) is 8.24. The van der Waals surface area contributed by atoms with E-state index in [0.717, 1.165) is 12.0 Å². The highest BCUT2D eigenvalue weighted by Gasteiger charge is 2.13. The normalized spacial score (nSPS) is 11.6. The van der Waals surface area contributed by atoms with E-state index >= 15 is 0 Å². The van der Waals surface area contributed by atoms with Gasteiger partial charge in [-0.15, -0.1) is 0 Å². The number of aryl methyl sites for hydroxylation is 1. The quantitative estimate of drug-likeness (QED) is 0.826. The summed E-state index contributed by atoms with van der Waals surface area (Å²) in [5, 5.41) is 2.77. The predicted octanol–water partition coefficient (Wildman–Crippen LogP) is 3.42. The van der Waals surface area contributed by atoms with Gasteiger partial charge in [-0.25, -0.2) is 9.18 Å². The minimum atomic E-state index is -0.662. The fourth-order valence-corrected chi connectivity index (χ4v) is 2.21. The summed E-state index contributed by atoms with van der Waals surface area (Å²) in [6.45, 7) is 3.56. The van der Waals surface area contributed by atoms with Crippen molar-refractivity contribution in [3.63, 3.8) is 0 Å². The highest BCUT2D eigenvalue weighted by molar-refractivity contribution is 5.91. The van der Waals surface area contributed by atoms with Crippen molar-refractivity contribution >= 4 is 11.9 Å². The largest absolute Gasteiger partial charge is 0.452 e. The maximum Gasteiger partial charge on any atom is 0.338 e. The van der Waals surface area contributed by atoms with Crippen LogP contribution in [-0.2, 0) is 16.0 Å². The van der Waals surface area contributed by atoms with Crippen molar-refractivity contribution in [2.45, 2.75) is 26.3 Å². The molecule has 0 aliphatic rings. The zero-order valence-corrected chi connectivity index (χ0v) is 13.7. The van der Waals surface area contributed by atoms with Gasteiger partial charge in [0.15, 0.2) is 6.61 Å². The molecule has 24 heavy (non-hydrogen) atoms. The molecule has 1 amide bonds. The molecule has 0 fully saturated rings. The van der Waals surface area contributed by atoms with Crippen LogP contribution >= 0.6 is 0 Å². The van der Waals surface area contributed by atoms with Gasteiger partial charge in [0.1, 0.15) is 5.82 Å². The number of rotatable bonds is 6. The van der Waals surface area contributed by atoms with E-state index in [1.165, 1.54) is 29.8 Å². The lowest BCUT2D eigenvalue weighted by atomic mass is 10.1. The van der Waals surface area contributed by atoms with E-state index in [9.17, 15) is 14.0 Å². The van der Waals surface area contributed by atoms with Crippen LogP contribution < -0.4 is 5.32 Å². The first-order valence-electron chi connectivity index (χ1n) is 7.80. The number of ether oxygens (including phenoxy) is 1. The molecule has 0 aliphatic heterocycles. The average Bonchev–Trinajstić information content (AvgIpc) is 2.60. The molecule has 0 unspecified atom stereocenters. The minimum absolute atomic E-state index is 0.187. The lowest BCUT2D eigenvalue weighted by molar-refractivity contribution is -0.124. The highest BCUT2D eigenvalue weighted by atomic mass is 19.1. The number of hydrogen-bond donors (Lipinski definition) is 1. The Kier molecular flexibility index (Phi) is 6.07. The van der Waals surface area contributed by atoms with Crippen LogP contribution in [0.15, 0.2) is 48.5 Å². The Morgan fingerprint density at radius 3 is 2.29 bits per heavy atom. The molecule has 2 aromatic rings. The summed E-state index contributed by atoms with van der Waals surface area (Å²) < 4.78 is 17.7. The van der Waals surface area contributed by atoms with Gasteiger partial charge >= 0.3 is 5.97 Å². The second-order valence-electron chi connectivity index (χ2n) is 5.47. The van der Waals surface area contributed by atoms with Gasteiger partial charge < -0.3 is 10.1 Å². The summed E-state index contributed by atoms with van der Waals surface area (Å²) in [5.74, 6) is -1.49. The van der Waals surface area contributed by atoms with Crippen molar-refractivity contribution in [2.75, 3.05) is 6.61 Å². The van der Waals surface area contributed by atoms with E-state index in [2.05, 4.69) is 12.2 Å². The smallest absolute Gasteiger partial charge is 0.338 e. The third kappa shape index (κ3) is 4.91. The van der Waals surface area contributed by atoms with E-state index in [0.29, 0.717) is 0 Å². The van der Waals surface area contributed by atoms with Crippen LogP contribution in [0.25, 0.3) is 0 Å². The van der Waals surface area contributed by atoms with Crippen molar-refractivity contribution in [2.24, 2.45) is 0 Å². The monoisotopic (exact) mass is 329 g/mol. The van der Waals surface area contributed by atoms with E-state index in [4.69, 9.17) is 4.74 Å². The van der Waals surface area contributed by atoms with Gasteiger partial charge in [-0.1, -0.05) is 31.2 Å². The van der Waals surface area contributed by atoms with Gasteiger partial charge in [-0.05, 0) is 48.7 Å². The molecule has 0 aromatic heterocycles. The van der Waals surface area contributed by atoms with Gasteiger partial charge in [0.25, 0.3) is 5.91 Å². The van der Waals surface area contributed by atoms with Crippen LogP contribution in [0.5, 0.6) is 0 Å². The van der Waals surface area contributed by atoms with Crippen LogP contribution in [0.4, 0.5) is 4.39 Å².